The Morgan fingerprint density at radius 3 is 2.17 bits per heavy atom. The zero-order valence-electron chi connectivity index (χ0n) is 20.2. The summed E-state index contributed by atoms with van der Waals surface area (Å²) in [7, 11) is 0. The minimum absolute atomic E-state index is 0.0409. The average Bonchev–Trinajstić information content (AvgIpc) is 3.36. The van der Waals surface area contributed by atoms with Crippen molar-refractivity contribution in [2.75, 3.05) is 5.32 Å². The second-order valence-electron chi connectivity index (χ2n) is 9.44. The number of anilines is 1. The highest BCUT2D eigenvalue weighted by atomic mass is 16.4. The van der Waals surface area contributed by atoms with Gasteiger partial charge in [-0.05, 0) is 48.4 Å². The van der Waals surface area contributed by atoms with Crippen LogP contribution in [0.5, 0.6) is 0 Å². The van der Waals surface area contributed by atoms with Crippen molar-refractivity contribution in [1.29, 1.82) is 0 Å². The van der Waals surface area contributed by atoms with E-state index in [2.05, 4.69) is 36.6 Å². The van der Waals surface area contributed by atoms with E-state index < -0.39 is 17.8 Å². The van der Waals surface area contributed by atoms with Gasteiger partial charge in [0.1, 0.15) is 0 Å². The minimum Gasteiger partial charge on any atom is -0.481 e. The van der Waals surface area contributed by atoms with Crippen LogP contribution in [0.25, 0.3) is 11.1 Å². The normalized spacial score (nSPS) is 23.4. The highest BCUT2D eigenvalue weighted by Gasteiger charge is 2.37. The summed E-state index contributed by atoms with van der Waals surface area (Å²) in [5, 5.41) is 15.3. The van der Waals surface area contributed by atoms with Gasteiger partial charge in [0.2, 0.25) is 0 Å². The Morgan fingerprint density at radius 1 is 0.943 bits per heavy atom. The van der Waals surface area contributed by atoms with Crippen LogP contribution in [0.4, 0.5) is 10.5 Å². The summed E-state index contributed by atoms with van der Waals surface area (Å²) in [6, 6.07) is 14.5. The number of ketones is 1. The first-order chi connectivity index (χ1) is 16.9. The third kappa shape index (κ3) is 5.70. The van der Waals surface area contributed by atoms with E-state index in [9.17, 15) is 19.5 Å². The van der Waals surface area contributed by atoms with Gasteiger partial charge in [-0.15, -0.1) is 0 Å². The Bertz CT molecular complexity index is 1150. The SMILES string of the molecule is CCC1=CC(C)C(NC(=O)Nc2ccc(-c3ccc(C(=O)[C@@H]4CCC[C@H]4C(=O)O)cc3)cc2)C=C1. The zero-order chi connectivity index (χ0) is 24.9. The molecule has 4 atom stereocenters. The second kappa shape index (κ2) is 10.7. The number of urea groups is 1. The molecule has 2 aliphatic carbocycles. The van der Waals surface area contributed by atoms with Crippen molar-refractivity contribution in [3.05, 3.63) is 77.9 Å². The van der Waals surface area contributed by atoms with E-state index in [1.807, 2.05) is 42.5 Å². The van der Waals surface area contributed by atoms with Crippen LogP contribution in [0.2, 0.25) is 0 Å². The van der Waals surface area contributed by atoms with Gasteiger partial charge in [-0.3, -0.25) is 9.59 Å². The molecule has 0 aromatic heterocycles. The first kappa shape index (κ1) is 24.5. The topological polar surface area (TPSA) is 95.5 Å². The van der Waals surface area contributed by atoms with E-state index in [4.69, 9.17) is 0 Å². The quantitative estimate of drug-likeness (QED) is 0.426. The molecule has 0 radical (unpaired) electrons. The van der Waals surface area contributed by atoms with Gasteiger partial charge in [-0.2, -0.15) is 0 Å². The predicted octanol–water partition coefficient (Wildman–Crippen LogP) is 6.07. The Labute approximate surface area is 206 Å². The molecular formula is C29H32N2O4. The standard InChI is InChI=1S/C29H32N2O4/c1-3-19-7-16-26(18(2)17-19)31-29(35)30-23-14-12-21(13-15-23)20-8-10-22(11-9-20)27(32)24-5-4-6-25(24)28(33)34/h7-18,24-26H,3-6H2,1-2H3,(H,33,34)(H2,30,31,35)/t18?,24-,25-,26?/m1/s1. The Kier molecular flexibility index (Phi) is 7.49. The fourth-order valence-electron chi connectivity index (χ4n) is 4.99. The first-order valence-electron chi connectivity index (χ1n) is 12.3. The zero-order valence-corrected chi connectivity index (χ0v) is 20.2. The lowest BCUT2D eigenvalue weighted by Crippen LogP contribution is -2.40. The number of carboxylic acids is 1. The molecule has 2 amide bonds. The number of hydrogen-bond acceptors (Lipinski definition) is 3. The largest absolute Gasteiger partial charge is 0.481 e. The number of hydrogen-bond donors (Lipinski definition) is 3. The van der Waals surface area contributed by atoms with Crippen LogP contribution in [0.1, 0.15) is 49.9 Å². The molecule has 35 heavy (non-hydrogen) atoms. The van der Waals surface area contributed by atoms with Gasteiger partial charge < -0.3 is 15.7 Å². The predicted molar refractivity (Wildman–Crippen MR) is 137 cm³/mol. The fourth-order valence-corrected chi connectivity index (χ4v) is 4.99. The van der Waals surface area contributed by atoms with Crippen LogP contribution in [0.3, 0.4) is 0 Å². The van der Waals surface area contributed by atoms with Gasteiger partial charge >= 0.3 is 12.0 Å². The second-order valence-corrected chi connectivity index (χ2v) is 9.44. The Morgan fingerprint density at radius 2 is 1.57 bits per heavy atom. The molecule has 0 bridgehead atoms. The van der Waals surface area contributed by atoms with E-state index in [0.717, 1.165) is 24.0 Å². The third-order valence-electron chi connectivity index (χ3n) is 7.08. The summed E-state index contributed by atoms with van der Waals surface area (Å²) >= 11 is 0. The maximum absolute atomic E-state index is 12.8. The van der Waals surface area contributed by atoms with Gasteiger partial charge in [-0.25, -0.2) is 4.79 Å². The van der Waals surface area contributed by atoms with E-state index in [-0.39, 0.29) is 23.8 Å². The molecule has 3 N–H and O–H groups in total. The number of rotatable bonds is 7. The molecule has 0 heterocycles. The third-order valence-corrected chi connectivity index (χ3v) is 7.08. The van der Waals surface area contributed by atoms with Crippen LogP contribution >= 0.6 is 0 Å². The monoisotopic (exact) mass is 472 g/mol. The van der Waals surface area contributed by atoms with Crippen LogP contribution < -0.4 is 10.6 Å². The lowest BCUT2D eigenvalue weighted by molar-refractivity contribution is -0.142. The molecule has 6 nitrogen and oxygen atoms in total. The fraction of sp³-hybridized carbons (Fsp3) is 0.345. The molecule has 182 valence electrons. The van der Waals surface area contributed by atoms with Crippen molar-refractivity contribution in [3.63, 3.8) is 0 Å². The number of carbonyl (C=O) groups is 3. The number of nitrogens with one attached hydrogen (secondary N) is 2. The van der Waals surface area contributed by atoms with E-state index >= 15 is 0 Å². The van der Waals surface area contributed by atoms with Crippen LogP contribution in [-0.2, 0) is 4.79 Å². The van der Waals surface area contributed by atoms with Gasteiger partial charge in [-0.1, -0.05) is 80.5 Å². The summed E-state index contributed by atoms with van der Waals surface area (Å²) < 4.78 is 0. The molecule has 0 spiro atoms. The smallest absolute Gasteiger partial charge is 0.319 e. The Hall–Kier alpha value is -3.67. The van der Waals surface area contributed by atoms with Crippen LogP contribution in [0.15, 0.2) is 72.3 Å². The van der Waals surface area contributed by atoms with Crippen molar-refractivity contribution < 1.29 is 19.5 Å². The summed E-state index contributed by atoms with van der Waals surface area (Å²) in [6.45, 7) is 4.21. The highest BCUT2D eigenvalue weighted by Crippen LogP contribution is 2.35. The number of amides is 2. The van der Waals surface area contributed by atoms with Crippen LogP contribution in [-0.4, -0.2) is 28.9 Å². The molecule has 2 aliphatic rings. The number of allylic oxidation sites excluding steroid dienone is 2. The summed E-state index contributed by atoms with van der Waals surface area (Å²) in [5.41, 5.74) is 4.43. The van der Waals surface area contributed by atoms with E-state index in [1.165, 1.54) is 5.57 Å². The lowest BCUT2D eigenvalue weighted by atomic mass is 9.88. The molecule has 1 fully saturated rings. The average molecular weight is 473 g/mol. The molecule has 2 aromatic rings. The highest BCUT2D eigenvalue weighted by molar-refractivity contribution is 6.00. The minimum atomic E-state index is -0.882. The van der Waals surface area contributed by atoms with E-state index in [0.29, 0.717) is 24.1 Å². The lowest BCUT2D eigenvalue weighted by Gasteiger charge is -2.24. The van der Waals surface area contributed by atoms with Crippen molar-refractivity contribution in [3.8, 4) is 11.1 Å². The molecule has 6 heteroatoms. The summed E-state index contributed by atoms with van der Waals surface area (Å²) in [6.07, 6.45) is 9.25. The molecule has 0 aliphatic heterocycles. The number of carboxylic acid groups (broad SMARTS) is 1. The van der Waals surface area contributed by atoms with Crippen molar-refractivity contribution >= 4 is 23.5 Å². The number of Topliss-reactive ketones (excluding diaryl/α,β-unsaturated/α-hetero) is 1. The molecular weight excluding hydrogens is 440 g/mol. The van der Waals surface area contributed by atoms with Gasteiger partial charge in [0.15, 0.2) is 5.78 Å². The molecule has 4 rings (SSSR count). The van der Waals surface area contributed by atoms with Gasteiger partial charge in [0.05, 0.1) is 12.0 Å². The number of benzene rings is 2. The Balaban J connectivity index is 1.35. The maximum Gasteiger partial charge on any atom is 0.319 e. The molecule has 1 saturated carbocycles. The summed E-state index contributed by atoms with van der Waals surface area (Å²) in [4.78, 5) is 36.7. The summed E-state index contributed by atoms with van der Waals surface area (Å²) in [5.74, 6) is -1.75. The van der Waals surface area contributed by atoms with Gasteiger partial charge in [0.25, 0.3) is 0 Å². The van der Waals surface area contributed by atoms with Crippen LogP contribution in [0, 0.1) is 17.8 Å². The van der Waals surface area contributed by atoms with Gasteiger partial charge in [0, 0.05) is 17.2 Å². The van der Waals surface area contributed by atoms with E-state index in [1.54, 1.807) is 12.1 Å². The van der Waals surface area contributed by atoms with Crippen molar-refractivity contribution in [2.24, 2.45) is 17.8 Å². The van der Waals surface area contributed by atoms with Crippen molar-refractivity contribution in [1.82, 2.24) is 5.32 Å². The first-order valence-corrected chi connectivity index (χ1v) is 12.3. The maximum atomic E-state index is 12.8. The molecule has 0 saturated heterocycles. The molecule has 2 unspecified atom stereocenters. The number of aliphatic carboxylic acids is 1. The molecule has 2 aromatic carbocycles. The van der Waals surface area contributed by atoms with Crippen molar-refractivity contribution in [2.45, 2.75) is 45.6 Å². The number of carbonyl (C=O) groups excluding carboxylic acids is 2.